The molecule has 6 unspecified atom stereocenters. The number of nitriles is 2. The maximum absolute atomic E-state index is 11.7. The average Bonchev–Trinajstić information content (AvgIpc) is 3.74. The number of nitrogens with zero attached hydrogens (tertiary/aromatic N) is 4. The van der Waals surface area contributed by atoms with Crippen LogP contribution in [0.2, 0.25) is 0 Å². The van der Waals surface area contributed by atoms with E-state index in [-0.39, 0.29) is 30.6 Å². The standard InChI is InChI=1S/C18H22N4O6S.C17H20N4O3S2/c1-25-12-6-5-9(14(26-2)15(12)27-3)11-7-13(28-18(23)24)20-16-10(8-19)17(29-4)21-22(11)16;1-3-23-17(22)24-13-9-14(26-11-7-5-4-6-8-11)21-15(19-13)12(10-18)16(20-21)25-2/h5-6,11,13,16,20-21H,7H2,1-4H3,(H,23,24);4-8,13-15,19-20H,3,9H2,1-2H3. The molecule has 4 heterocycles. The third-order valence-electron chi connectivity index (χ3n) is 8.74. The van der Waals surface area contributed by atoms with Crippen LogP contribution in [0.25, 0.3) is 0 Å². The maximum atomic E-state index is 11.7. The van der Waals surface area contributed by atoms with E-state index >= 15 is 0 Å². The van der Waals surface area contributed by atoms with Gasteiger partial charge in [0.2, 0.25) is 5.75 Å². The lowest BCUT2D eigenvalue weighted by Gasteiger charge is -2.42. The first-order valence-corrected chi connectivity index (χ1v) is 20.2. The highest BCUT2D eigenvalue weighted by Crippen LogP contribution is 2.47. The van der Waals surface area contributed by atoms with Gasteiger partial charge in [-0.25, -0.2) is 9.59 Å². The van der Waals surface area contributed by atoms with Crippen LogP contribution >= 0.6 is 35.3 Å². The lowest BCUT2D eigenvalue weighted by Crippen LogP contribution is -2.61. The van der Waals surface area contributed by atoms with E-state index in [1.807, 2.05) is 58.9 Å². The number of methoxy groups -OCH3 is 3. The van der Waals surface area contributed by atoms with Crippen LogP contribution in [0.1, 0.15) is 31.4 Å². The van der Waals surface area contributed by atoms with Crippen LogP contribution in [-0.4, -0.2) is 98.0 Å². The molecule has 2 fully saturated rings. The molecular formula is C35H42N8O9S3. The van der Waals surface area contributed by atoms with Crippen molar-refractivity contribution in [1.29, 1.82) is 10.5 Å². The Morgan fingerprint density at radius 2 is 1.44 bits per heavy atom. The van der Waals surface area contributed by atoms with E-state index in [4.69, 9.17) is 33.5 Å². The fourth-order valence-corrected chi connectivity index (χ4v) is 8.78. The predicted octanol–water partition coefficient (Wildman–Crippen LogP) is 4.85. The van der Waals surface area contributed by atoms with Gasteiger partial charge in [0.15, 0.2) is 24.0 Å². The number of rotatable bonds is 11. The van der Waals surface area contributed by atoms with E-state index in [0.717, 1.165) is 15.5 Å². The highest BCUT2D eigenvalue weighted by atomic mass is 32.2. The highest BCUT2D eigenvalue weighted by molar-refractivity contribution is 8.02. The Morgan fingerprint density at radius 1 is 0.836 bits per heavy atom. The van der Waals surface area contributed by atoms with Crippen LogP contribution < -0.4 is 35.7 Å². The van der Waals surface area contributed by atoms with Gasteiger partial charge in [0.25, 0.3) is 0 Å². The third-order valence-corrected chi connectivity index (χ3v) is 11.4. The maximum Gasteiger partial charge on any atom is 0.509 e. The van der Waals surface area contributed by atoms with Crippen molar-refractivity contribution < 1.29 is 43.1 Å². The van der Waals surface area contributed by atoms with Crippen molar-refractivity contribution in [3.8, 4) is 29.4 Å². The second-order valence-electron chi connectivity index (χ2n) is 11.8. The molecule has 0 radical (unpaired) electrons. The molecule has 4 aliphatic heterocycles. The van der Waals surface area contributed by atoms with Gasteiger partial charge in [0, 0.05) is 23.3 Å². The van der Waals surface area contributed by atoms with E-state index in [1.54, 1.807) is 24.8 Å². The number of hydrazine groups is 2. The average molecular weight is 815 g/mol. The quantitative estimate of drug-likeness (QED) is 0.192. The number of ether oxygens (including phenoxy) is 6. The first-order valence-electron chi connectivity index (χ1n) is 16.9. The smallest absolute Gasteiger partial charge is 0.493 e. The Bertz CT molecular complexity index is 1860. The Kier molecular flexibility index (Phi) is 14.5. The van der Waals surface area contributed by atoms with Gasteiger partial charge in [0.05, 0.1) is 60.6 Å². The zero-order chi connectivity index (χ0) is 39.6. The summed E-state index contributed by atoms with van der Waals surface area (Å²) in [7, 11) is 4.57. The van der Waals surface area contributed by atoms with E-state index in [0.29, 0.717) is 39.8 Å². The largest absolute Gasteiger partial charge is 0.509 e. The lowest BCUT2D eigenvalue weighted by atomic mass is 9.97. The van der Waals surface area contributed by atoms with Gasteiger partial charge in [0.1, 0.15) is 24.5 Å². The summed E-state index contributed by atoms with van der Waals surface area (Å²) in [6.07, 6.45) is 0.211. The summed E-state index contributed by atoms with van der Waals surface area (Å²) in [5.41, 5.74) is 8.34. The Morgan fingerprint density at radius 3 is 1.98 bits per heavy atom. The van der Waals surface area contributed by atoms with Crippen molar-refractivity contribution in [1.82, 2.24) is 31.5 Å². The van der Waals surface area contributed by atoms with Gasteiger partial charge in [-0.1, -0.05) is 18.2 Å². The summed E-state index contributed by atoms with van der Waals surface area (Å²) in [6.45, 7) is 1.98. The van der Waals surface area contributed by atoms with Crippen molar-refractivity contribution in [2.75, 3.05) is 40.4 Å². The fraction of sp³-hybridized carbons (Fsp3) is 0.429. The summed E-state index contributed by atoms with van der Waals surface area (Å²) < 4.78 is 31.7. The van der Waals surface area contributed by atoms with Crippen molar-refractivity contribution in [3.63, 3.8) is 0 Å². The molecule has 294 valence electrons. The van der Waals surface area contributed by atoms with Crippen LogP contribution in [0.5, 0.6) is 17.2 Å². The van der Waals surface area contributed by atoms with E-state index in [2.05, 4.69) is 33.6 Å². The van der Waals surface area contributed by atoms with Gasteiger partial charge in [-0.15, -0.1) is 35.3 Å². The van der Waals surface area contributed by atoms with Crippen molar-refractivity contribution in [3.05, 3.63) is 69.2 Å². The van der Waals surface area contributed by atoms with Gasteiger partial charge >= 0.3 is 12.3 Å². The van der Waals surface area contributed by atoms with Crippen LogP contribution in [0.4, 0.5) is 9.59 Å². The number of fused-ring (bicyclic) bond motifs is 2. The van der Waals surface area contributed by atoms with Crippen molar-refractivity contribution >= 4 is 47.6 Å². The topological polar surface area (TPSA) is 212 Å². The molecule has 17 nitrogen and oxygen atoms in total. The molecule has 6 rings (SSSR count). The number of carboxylic acid groups (broad SMARTS) is 1. The summed E-state index contributed by atoms with van der Waals surface area (Å²) in [4.78, 5) is 24.0. The lowest BCUT2D eigenvalue weighted by molar-refractivity contribution is -0.0479. The minimum absolute atomic E-state index is 0.0314. The summed E-state index contributed by atoms with van der Waals surface area (Å²) in [5, 5.41) is 39.9. The Balaban J connectivity index is 0.000000212. The number of hydrogen-bond donors (Lipinski definition) is 5. The van der Waals surface area contributed by atoms with Gasteiger partial charge in [-0.2, -0.15) is 20.5 Å². The van der Waals surface area contributed by atoms with E-state index in [9.17, 15) is 20.1 Å². The molecule has 0 bridgehead atoms. The zero-order valence-electron chi connectivity index (χ0n) is 30.9. The summed E-state index contributed by atoms with van der Waals surface area (Å²) in [6, 6.07) is 17.7. The van der Waals surface area contributed by atoms with Crippen LogP contribution in [0.15, 0.2) is 68.6 Å². The Hall–Kier alpha value is -4.67. The molecule has 0 aromatic heterocycles. The molecule has 0 spiro atoms. The van der Waals surface area contributed by atoms with E-state index in [1.165, 1.54) is 44.9 Å². The molecular weight excluding hydrogens is 773 g/mol. The normalized spacial score (nSPS) is 24.4. The van der Waals surface area contributed by atoms with Crippen molar-refractivity contribution in [2.45, 2.75) is 60.9 Å². The highest BCUT2D eigenvalue weighted by Gasteiger charge is 2.47. The number of nitrogens with one attached hydrogen (secondary N) is 4. The molecule has 0 aliphatic carbocycles. The van der Waals surface area contributed by atoms with Crippen molar-refractivity contribution in [2.24, 2.45) is 0 Å². The van der Waals surface area contributed by atoms with Gasteiger partial charge in [-0.05, 0) is 43.7 Å². The minimum Gasteiger partial charge on any atom is -0.493 e. The number of benzene rings is 2. The number of hydrogen-bond acceptors (Lipinski definition) is 19. The van der Waals surface area contributed by atoms with Crippen LogP contribution in [0, 0.1) is 22.7 Å². The van der Waals surface area contributed by atoms with E-state index < -0.39 is 30.9 Å². The summed E-state index contributed by atoms with van der Waals surface area (Å²) >= 11 is 4.54. The SMILES string of the molecule is CCOC(=O)OC1CC(Sc2ccccc2)N2NC(SC)=C(C#N)C2N1.COc1ccc(C2CC(OC(=O)O)NC3C(C#N)=C(SC)NN32)c(OC)c1OC. The number of thioether (sulfide) groups is 3. The molecule has 20 heteroatoms. The molecule has 0 saturated carbocycles. The molecule has 55 heavy (non-hydrogen) atoms. The van der Waals surface area contributed by atoms with Crippen LogP contribution in [0.3, 0.4) is 0 Å². The molecule has 2 saturated heterocycles. The van der Waals surface area contributed by atoms with Gasteiger partial charge < -0.3 is 44.4 Å². The second-order valence-corrected chi connectivity index (χ2v) is 14.6. The fourth-order valence-electron chi connectivity index (χ4n) is 6.45. The molecule has 6 atom stereocenters. The third kappa shape index (κ3) is 9.24. The first-order chi connectivity index (χ1) is 26.6. The zero-order valence-corrected chi connectivity index (χ0v) is 33.3. The van der Waals surface area contributed by atoms with Gasteiger partial charge in [-0.3, -0.25) is 10.6 Å². The second kappa shape index (κ2) is 19.3. The number of carbonyl (C=O) groups excluding carboxylic acids is 1. The summed E-state index contributed by atoms with van der Waals surface area (Å²) in [5.74, 6) is 1.40. The monoisotopic (exact) mass is 814 g/mol. The molecule has 4 aliphatic rings. The molecule has 0 amide bonds. The molecule has 2 aromatic carbocycles. The van der Waals surface area contributed by atoms with Crippen LogP contribution in [-0.2, 0) is 14.2 Å². The molecule has 5 N–H and O–H groups in total. The Labute approximate surface area is 331 Å². The minimum atomic E-state index is -1.40. The predicted molar refractivity (Wildman–Crippen MR) is 205 cm³/mol. The number of carbonyl (C=O) groups is 2. The molecule has 2 aromatic rings. The first kappa shape index (κ1) is 41.5.